The molecule has 98 valence electrons. The molecular formula is C15H16N2O2. The summed E-state index contributed by atoms with van der Waals surface area (Å²) >= 11 is 0. The molecule has 1 aromatic carbocycles. The van der Waals surface area contributed by atoms with Gasteiger partial charge in [0.25, 0.3) is 0 Å². The van der Waals surface area contributed by atoms with Crippen molar-refractivity contribution in [1.82, 2.24) is 4.98 Å². The largest absolute Gasteiger partial charge is 0.488 e. The van der Waals surface area contributed by atoms with Crippen molar-refractivity contribution in [3.05, 3.63) is 59.4 Å². The van der Waals surface area contributed by atoms with Gasteiger partial charge >= 0.3 is 0 Å². The molecule has 1 aromatic heterocycles. The Kier molecular flexibility index (Phi) is 4.13. The molecule has 0 saturated heterocycles. The molecule has 0 bridgehead atoms. The minimum absolute atomic E-state index is 0.433. The Labute approximate surface area is 112 Å². The number of nitrogens with zero attached hydrogens (tertiary/aromatic N) is 2. The van der Waals surface area contributed by atoms with Crippen LogP contribution in [0.4, 0.5) is 0 Å². The molecule has 19 heavy (non-hydrogen) atoms. The van der Waals surface area contributed by atoms with Crippen LogP contribution in [0.1, 0.15) is 23.6 Å². The van der Waals surface area contributed by atoms with Gasteiger partial charge in [-0.25, -0.2) is 0 Å². The number of oxime groups is 1. The van der Waals surface area contributed by atoms with Gasteiger partial charge in [0.15, 0.2) is 0 Å². The lowest BCUT2D eigenvalue weighted by atomic mass is 10.1. The van der Waals surface area contributed by atoms with E-state index in [1.54, 1.807) is 19.3 Å². The third kappa shape index (κ3) is 3.31. The zero-order valence-electron chi connectivity index (χ0n) is 11.0. The molecule has 0 spiro atoms. The summed E-state index contributed by atoms with van der Waals surface area (Å²) in [5, 5.41) is 12.2. The molecule has 0 aliphatic rings. The summed E-state index contributed by atoms with van der Waals surface area (Å²) in [4.78, 5) is 4.04. The van der Waals surface area contributed by atoms with Crippen molar-refractivity contribution in [2.24, 2.45) is 5.16 Å². The van der Waals surface area contributed by atoms with Gasteiger partial charge in [0.2, 0.25) is 0 Å². The Bertz CT molecular complexity index is 580. The summed E-state index contributed by atoms with van der Waals surface area (Å²) in [5.74, 6) is 0.699. The van der Waals surface area contributed by atoms with Crippen LogP contribution in [0, 0.1) is 6.92 Å². The van der Waals surface area contributed by atoms with Crippen LogP contribution in [-0.4, -0.2) is 15.9 Å². The van der Waals surface area contributed by atoms with E-state index < -0.39 is 0 Å². The molecule has 0 radical (unpaired) electrons. The minimum Gasteiger partial charge on any atom is -0.488 e. The van der Waals surface area contributed by atoms with Gasteiger partial charge in [-0.05, 0) is 32.0 Å². The third-order valence-electron chi connectivity index (χ3n) is 2.79. The highest BCUT2D eigenvalue weighted by molar-refractivity contribution is 6.00. The second-order valence-electron chi connectivity index (χ2n) is 4.33. The topological polar surface area (TPSA) is 54.7 Å². The highest BCUT2D eigenvalue weighted by Gasteiger charge is 2.08. The number of hydrogen-bond donors (Lipinski definition) is 1. The maximum Gasteiger partial charge on any atom is 0.128 e. The lowest BCUT2D eigenvalue weighted by Gasteiger charge is -2.11. The molecule has 0 amide bonds. The van der Waals surface area contributed by atoms with Gasteiger partial charge in [-0.15, -0.1) is 0 Å². The molecule has 0 atom stereocenters. The van der Waals surface area contributed by atoms with Crippen LogP contribution >= 0.6 is 0 Å². The van der Waals surface area contributed by atoms with Crippen LogP contribution in [0.3, 0.4) is 0 Å². The lowest BCUT2D eigenvalue weighted by Crippen LogP contribution is -2.03. The van der Waals surface area contributed by atoms with Crippen LogP contribution in [0.2, 0.25) is 0 Å². The fourth-order valence-corrected chi connectivity index (χ4v) is 1.75. The zero-order chi connectivity index (χ0) is 13.7. The van der Waals surface area contributed by atoms with Crippen molar-refractivity contribution in [2.45, 2.75) is 20.5 Å². The van der Waals surface area contributed by atoms with E-state index >= 15 is 0 Å². The summed E-state index contributed by atoms with van der Waals surface area (Å²) in [5.41, 5.74) is 3.41. The molecule has 4 nitrogen and oxygen atoms in total. The van der Waals surface area contributed by atoms with Crippen molar-refractivity contribution in [3.8, 4) is 5.75 Å². The average molecular weight is 256 g/mol. The maximum absolute atomic E-state index is 8.91. The first-order valence-corrected chi connectivity index (χ1v) is 6.02. The molecular weight excluding hydrogens is 240 g/mol. The van der Waals surface area contributed by atoms with E-state index in [2.05, 4.69) is 10.1 Å². The Morgan fingerprint density at radius 1 is 1.37 bits per heavy atom. The molecule has 1 N–H and O–H groups in total. The van der Waals surface area contributed by atoms with Crippen LogP contribution in [-0.2, 0) is 6.61 Å². The van der Waals surface area contributed by atoms with Gasteiger partial charge in [0.1, 0.15) is 12.4 Å². The Hall–Kier alpha value is -2.36. The number of aromatic nitrogens is 1. The van der Waals surface area contributed by atoms with Crippen LogP contribution in [0.5, 0.6) is 5.75 Å². The molecule has 0 saturated carbocycles. The van der Waals surface area contributed by atoms with Crippen LogP contribution in [0.25, 0.3) is 0 Å². The maximum atomic E-state index is 8.91. The monoisotopic (exact) mass is 256 g/mol. The molecule has 0 aliphatic carbocycles. The van der Waals surface area contributed by atoms with Crippen molar-refractivity contribution in [2.75, 3.05) is 0 Å². The van der Waals surface area contributed by atoms with Crippen LogP contribution < -0.4 is 4.74 Å². The van der Waals surface area contributed by atoms with E-state index in [-0.39, 0.29) is 0 Å². The number of hydrogen-bond acceptors (Lipinski definition) is 4. The third-order valence-corrected chi connectivity index (χ3v) is 2.79. The molecule has 2 rings (SSSR count). The number of ether oxygens (including phenoxy) is 1. The van der Waals surface area contributed by atoms with Gasteiger partial charge in [0, 0.05) is 23.5 Å². The van der Waals surface area contributed by atoms with Crippen molar-refractivity contribution in [1.29, 1.82) is 0 Å². The van der Waals surface area contributed by atoms with Gasteiger partial charge in [-0.2, -0.15) is 0 Å². The predicted octanol–water partition coefficient (Wildman–Crippen LogP) is 3.17. The number of benzene rings is 1. The molecule has 0 unspecified atom stereocenters. The van der Waals surface area contributed by atoms with E-state index in [1.165, 1.54) is 0 Å². The van der Waals surface area contributed by atoms with Gasteiger partial charge in [-0.3, -0.25) is 4.98 Å². The normalized spacial score (nSPS) is 11.4. The molecule has 0 fully saturated rings. The fourth-order valence-electron chi connectivity index (χ4n) is 1.75. The minimum atomic E-state index is 0.433. The van der Waals surface area contributed by atoms with Crippen molar-refractivity contribution < 1.29 is 9.94 Å². The Morgan fingerprint density at radius 2 is 2.21 bits per heavy atom. The number of pyridine rings is 1. The summed E-state index contributed by atoms with van der Waals surface area (Å²) < 4.78 is 5.77. The van der Waals surface area contributed by atoms with E-state index in [0.717, 1.165) is 16.7 Å². The first-order chi connectivity index (χ1) is 9.20. The van der Waals surface area contributed by atoms with Gasteiger partial charge < -0.3 is 9.94 Å². The zero-order valence-corrected chi connectivity index (χ0v) is 11.0. The highest BCUT2D eigenvalue weighted by atomic mass is 16.5. The lowest BCUT2D eigenvalue weighted by molar-refractivity contribution is 0.303. The van der Waals surface area contributed by atoms with E-state index in [4.69, 9.17) is 9.94 Å². The van der Waals surface area contributed by atoms with Crippen molar-refractivity contribution in [3.63, 3.8) is 0 Å². The Morgan fingerprint density at radius 3 is 2.89 bits per heavy atom. The molecule has 2 aromatic rings. The van der Waals surface area contributed by atoms with Crippen LogP contribution in [0.15, 0.2) is 47.9 Å². The SMILES string of the molecule is C/C(=N\O)c1cc(C)ccc1OCc1cccnc1. The summed E-state index contributed by atoms with van der Waals surface area (Å²) in [7, 11) is 0. The quantitative estimate of drug-likeness (QED) is 0.519. The van der Waals surface area contributed by atoms with E-state index in [0.29, 0.717) is 18.1 Å². The predicted molar refractivity (Wildman–Crippen MR) is 73.7 cm³/mol. The standard InChI is InChI=1S/C15H16N2O2/c1-11-5-6-15(14(8-11)12(2)17-18)19-10-13-4-3-7-16-9-13/h3-9,18H,10H2,1-2H3/b17-12+. The van der Waals surface area contributed by atoms with E-state index in [1.807, 2.05) is 37.3 Å². The smallest absolute Gasteiger partial charge is 0.128 e. The molecule has 4 heteroatoms. The molecule has 1 heterocycles. The fraction of sp³-hybridized carbons (Fsp3) is 0.200. The average Bonchev–Trinajstić information content (AvgIpc) is 2.46. The second-order valence-corrected chi connectivity index (χ2v) is 4.33. The summed E-state index contributed by atoms with van der Waals surface area (Å²) in [6, 6.07) is 9.61. The highest BCUT2D eigenvalue weighted by Crippen LogP contribution is 2.22. The number of aryl methyl sites for hydroxylation is 1. The molecule has 0 aliphatic heterocycles. The summed E-state index contributed by atoms with van der Waals surface area (Å²) in [6.45, 7) is 4.16. The van der Waals surface area contributed by atoms with Gasteiger partial charge in [-0.1, -0.05) is 22.9 Å². The first-order valence-electron chi connectivity index (χ1n) is 6.02. The first kappa shape index (κ1) is 13.1. The second kappa shape index (κ2) is 6.00. The number of rotatable bonds is 4. The van der Waals surface area contributed by atoms with Gasteiger partial charge in [0.05, 0.1) is 5.71 Å². The Balaban J connectivity index is 2.20. The van der Waals surface area contributed by atoms with E-state index in [9.17, 15) is 0 Å². The summed E-state index contributed by atoms with van der Waals surface area (Å²) in [6.07, 6.45) is 3.49. The van der Waals surface area contributed by atoms with Crippen molar-refractivity contribution >= 4 is 5.71 Å².